The Morgan fingerprint density at radius 2 is 1.90 bits per heavy atom. The fraction of sp³-hybridized carbons (Fsp3) is 0. The Hall–Kier alpha value is -2.59. The molecule has 0 radical (unpaired) electrons. The minimum Gasteiger partial charge on any atom is -0.330 e. The van der Waals surface area contributed by atoms with Crippen LogP contribution < -0.4 is 0 Å². The van der Waals surface area contributed by atoms with E-state index >= 15 is 0 Å². The molecule has 0 fully saturated rings. The maximum absolute atomic E-state index is 13.9. The highest BCUT2D eigenvalue weighted by atomic mass is 32.1. The average molecular weight is 305 g/mol. The zero-order valence-corrected chi connectivity index (χ0v) is 11.1. The van der Waals surface area contributed by atoms with E-state index in [1.807, 2.05) is 6.07 Å². The summed E-state index contributed by atoms with van der Waals surface area (Å²) >= 11 is 5.07. The van der Waals surface area contributed by atoms with Gasteiger partial charge >= 0.3 is 0 Å². The van der Waals surface area contributed by atoms with Crippen LogP contribution in [0.25, 0.3) is 16.7 Å². The molecule has 0 saturated heterocycles. The monoisotopic (exact) mass is 305 g/mol. The minimum absolute atomic E-state index is 0.0731. The number of benzene rings is 2. The van der Waals surface area contributed by atoms with Crippen LogP contribution in [0.3, 0.4) is 0 Å². The topological polar surface area (TPSA) is 44.5 Å². The molecule has 0 aliphatic heterocycles. The summed E-state index contributed by atoms with van der Waals surface area (Å²) in [6, 6.07) is 7.85. The summed E-state index contributed by atoms with van der Waals surface area (Å²) in [5, 5.41) is 8.92. The van der Waals surface area contributed by atoms with Crippen molar-refractivity contribution in [2.45, 2.75) is 0 Å². The molecule has 0 aliphatic carbocycles. The number of hydrogen-bond acceptors (Lipinski definition) is 2. The first-order chi connectivity index (χ1) is 10.0. The molecule has 0 bridgehead atoms. The summed E-state index contributed by atoms with van der Waals surface area (Å²) in [7, 11) is 0. The van der Waals surface area contributed by atoms with E-state index in [1.54, 1.807) is 12.1 Å². The Morgan fingerprint density at radius 1 is 1.14 bits per heavy atom. The van der Waals surface area contributed by atoms with Crippen LogP contribution >= 0.6 is 12.2 Å². The van der Waals surface area contributed by atoms with Gasteiger partial charge in [0.1, 0.15) is 5.82 Å². The van der Waals surface area contributed by atoms with Gasteiger partial charge in [-0.3, -0.25) is 4.57 Å². The van der Waals surface area contributed by atoms with Crippen LogP contribution in [-0.2, 0) is 0 Å². The van der Waals surface area contributed by atoms with Gasteiger partial charge in [0.05, 0.1) is 28.4 Å². The summed E-state index contributed by atoms with van der Waals surface area (Å²) in [5.74, 6) is -3.44. The van der Waals surface area contributed by atoms with Crippen LogP contribution in [0.15, 0.2) is 30.3 Å². The Morgan fingerprint density at radius 3 is 2.62 bits per heavy atom. The lowest BCUT2D eigenvalue weighted by molar-refractivity contribution is 0.491. The number of nitrogens with zero attached hydrogens (tertiary/aromatic N) is 2. The van der Waals surface area contributed by atoms with Gasteiger partial charge in [-0.25, -0.2) is 13.2 Å². The van der Waals surface area contributed by atoms with E-state index in [2.05, 4.69) is 4.98 Å². The normalized spacial score (nSPS) is 10.8. The fourth-order valence-electron chi connectivity index (χ4n) is 2.12. The van der Waals surface area contributed by atoms with Crippen molar-refractivity contribution in [3.63, 3.8) is 0 Å². The quantitative estimate of drug-likeness (QED) is 0.546. The summed E-state index contributed by atoms with van der Waals surface area (Å²) in [6.07, 6.45) is 0. The molecule has 0 spiro atoms. The number of aromatic amines is 1. The highest BCUT2D eigenvalue weighted by Crippen LogP contribution is 2.24. The molecule has 104 valence electrons. The van der Waals surface area contributed by atoms with Crippen molar-refractivity contribution in [1.82, 2.24) is 9.55 Å². The predicted molar refractivity (Wildman–Crippen MR) is 73.0 cm³/mol. The smallest absolute Gasteiger partial charge is 0.183 e. The lowest BCUT2D eigenvalue weighted by Crippen LogP contribution is -2.01. The Bertz CT molecular complexity index is 966. The van der Waals surface area contributed by atoms with Crippen LogP contribution in [-0.4, -0.2) is 9.55 Å². The molecule has 0 atom stereocenters. The van der Waals surface area contributed by atoms with Crippen molar-refractivity contribution in [2.75, 3.05) is 0 Å². The van der Waals surface area contributed by atoms with Gasteiger partial charge in [0.15, 0.2) is 16.4 Å². The number of nitriles is 1. The molecule has 3 nitrogen and oxygen atoms in total. The second-order valence-electron chi connectivity index (χ2n) is 4.33. The first-order valence-corrected chi connectivity index (χ1v) is 6.22. The molecule has 0 amide bonds. The van der Waals surface area contributed by atoms with Crippen LogP contribution in [0.4, 0.5) is 13.2 Å². The largest absolute Gasteiger partial charge is 0.330 e. The first kappa shape index (κ1) is 13.4. The highest BCUT2D eigenvalue weighted by molar-refractivity contribution is 7.71. The van der Waals surface area contributed by atoms with Crippen LogP contribution in [0, 0.1) is 33.6 Å². The molecular weight excluding hydrogens is 299 g/mol. The summed E-state index contributed by atoms with van der Waals surface area (Å²) in [4.78, 5) is 2.80. The molecule has 0 unspecified atom stereocenters. The zero-order chi connectivity index (χ0) is 15.1. The van der Waals surface area contributed by atoms with Crippen molar-refractivity contribution in [2.24, 2.45) is 0 Å². The lowest BCUT2D eigenvalue weighted by atomic mass is 10.2. The molecule has 3 rings (SSSR count). The van der Waals surface area contributed by atoms with E-state index < -0.39 is 17.5 Å². The van der Waals surface area contributed by atoms with Gasteiger partial charge in [-0.2, -0.15) is 5.26 Å². The van der Waals surface area contributed by atoms with Gasteiger partial charge in [-0.1, -0.05) is 0 Å². The van der Waals surface area contributed by atoms with E-state index in [0.29, 0.717) is 22.7 Å². The number of rotatable bonds is 1. The standard InChI is InChI=1S/C14H6F3N3S/c15-8-4-9(16)13(17)12(5-8)20-11-3-7(6-18)1-2-10(11)19-14(20)21/h1-5H,(H,19,21). The Kier molecular flexibility index (Phi) is 3.03. The summed E-state index contributed by atoms with van der Waals surface area (Å²) in [6.45, 7) is 0. The van der Waals surface area contributed by atoms with E-state index in [0.717, 1.165) is 10.6 Å². The van der Waals surface area contributed by atoms with E-state index in [1.165, 1.54) is 6.07 Å². The number of hydrogen-bond donors (Lipinski definition) is 1. The van der Waals surface area contributed by atoms with Gasteiger partial charge in [0.2, 0.25) is 0 Å². The molecule has 1 heterocycles. The Labute approximate surface area is 121 Å². The third-order valence-electron chi connectivity index (χ3n) is 3.03. The van der Waals surface area contributed by atoms with Gasteiger partial charge in [0.25, 0.3) is 0 Å². The van der Waals surface area contributed by atoms with Gasteiger partial charge in [-0.05, 0) is 30.4 Å². The number of H-pyrrole nitrogens is 1. The molecule has 0 saturated carbocycles. The third kappa shape index (κ3) is 2.10. The van der Waals surface area contributed by atoms with E-state index in [9.17, 15) is 13.2 Å². The summed E-state index contributed by atoms with van der Waals surface area (Å²) in [5.41, 5.74) is 0.868. The van der Waals surface area contributed by atoms with E-state index in [4.69, 9.17) is 17.5 Å². The van der Waals surface area contributed by atoms with Gasteiger partial charge in [-0.15, -0.1) is 0 Å². The molecule has 2 aromatic carbocycles. The average Bonchev–Trinajstić information content (AvgIpc) is 2.77. The SMILES string of the molecule is N#Cc1ccc2[nH]c(=S)n(-c3cc(F)cc(F)c3F)c2c1. The lowest BCUT2D eigenvalue weighted by Gasteiger charge is -2.07. The third-order valence-corrected chi connectivity index (χ3v) is 3.31. The number of fused-ring (bicyclic) bond motifs is 1. The number of halogens is 3. The zero-order valence-electron chi connectivity index (χ0n) is 10.3. The molecule has 3 aromatic rings. The predicted octanol–water partition coefficient (Wildman–Crippen LogP) is 3.98. The minimum atomic E-state index is -1.31. The fourth-order valence-corrected chi connectivity index (χ4v) is 2.42. The van der Waals surface area contributed by atoms with Crippen molar-refractivity contribution in [3.05, 3.63) is 58.1 Å². The van der Waals surface area contributed by atoms with Gasteiger partial charge < -0.3 is 4.98 Å². The van der Waals surface area contributed by atoms with Crippen molar-refractivity contribution in [3.8, 4) is 11.8 Å². The van der Waals surface area contributed by atoms with E-state index in [-0.39, 0.29) is 10.5 Å². The van der Waals surface area contributed by atoms with Crippen LogP contribution in [0.2, 0.25) is 0 Å². The molecule has 21 heavy (non-hydrogen) atoms. The first-order valence-electron chi connectivity index (χ1n) is 5.81. The number of aromatic nitrogens is 2. The maximum Gasteiger partial charge on any atom is 0.183 e. The molecule has 7 heteroatoms. The molecule has 1 aromatic heterocycles. The molecule has 1 N–H and O–H groups in total. The second-order valence-corrected chi connectivity index (χ2v) is 4.72. The van der Waals surface area contributed by atoms with Crippen molar-refractivity contribution < 1.29 is 13.2 Å². The van der Waals surface area contributed by atoms with Crippen LogP contribution in [0.1, 0.15) is 5.56 Å². The highest BCUT2D eigenvalue weighted by Gasteiger charge is 2.16. The molecule has 0 aliphatic rings. The Balaban J connectivity index is 2.43. The summed E-state index contributed by atoms with van der Waals surface area (Å²) < 4.78 is 41.9. The van der Waals surface area contributed by atoms with Crippen molar-refractivity contribution >= 4 is 23.3 Å². The number of imidazole rings is 1. The molecular formula is C14H6F3N3S. The number of nitrogens with one attached hydrogen (secondary N) is 1. The van der Waals surface area contributed by atoms with Crippen LogP contribution in [0.5, 0.6) is 0 Å². The second kappa shape index (κ2) is 4.75. The van der Waals surface area contributed by atoms with Gasteiger partial charge in [0, 0.05) is 12.1 Å². The maximum atomic E-state index is 13.9. The van der Waals surface area contributed by atoms with Crippen molar-refractivity contribution in [1.29, 1.82) is 5.26 Å².